The summed E-state index contributed by atoms with van der Waals surface area (Å²) in [6, 6.07) is 5.02. The fraction of sp³-hybridized carbons (Fsp3) is 0.500. The maximum Gasteiger partial charge on any atom is 0.225 e. The molecular weight excluding hydrogens is 315 g/mol. The first-order valence-electron chi connectivity index (χ1n) is 6.78. The number of aliphatic hydroxyl groups is 1. The number of carbonyl (C=O) groups excluding carboxylic acids is 1. The topological polar surface area (TPSA) is 61.8 Å². The van der Waals surface area contributed by atoms with Crippen molar-refractivity contribution in [2.45, 2.75) is 12.5 Å². The van der Waals surface area contributed by atoms with Gasteiger partial charge in [0.15, 0.2) is 0 Å². The molecule has 0 saturated carbocycles. The molecule has 0 radical (unpaired) electrons. The number of ether oxygens (including phenoxy) is 1. The summed E-state index contributed by atoms with van der Waals surface area (Å²) in [5.41, 5.74) is 0.437. The van der Waals surface area contributed by atoms with Gasteiger partial charge < -0.3 is 15.2 Å². The predicted octanol–water partition coefficient (Wildman–Crippen LogP) is 2.02. The average molecular weight is 333 g/mol. The third-order valence-electron chi connectivity index (χ3n) is 3.41. The SMILES string of the molecule is O=C(CCN1CCOCC1CO)Nc1c(Cl)cccc1Cl. The normalized spacial score (nSPS) is 19.5. The number of hydrogen-bond acceptors (Lipinski definition) is 4. The van der Waals surface area contributed by atoms with E-state index < -0.39 is 0 Å². The minimum absolute atomic E-state index is 0.0258. The summed E-state index contributed by atoms with van der Waals surface area (Å²) in [7, 11) is 0. The number of para-hydroxylation sites is 1. The van der Waals surface area contributed by atoms with E-state index in [-0.39, 0.29) is 18.6 Å². The van der Waals surface area contributed by atoms with E-state index in [9.17, 15) is 9.90 Å². The van der Waals surface area contributed by atoms with Gasteiger partial charge in [0.1, 0.15) is 0 Å². The van der Waals surface area contributed by atoms with Crippen molar-refractivity contribution in [1.29, 1.82) is 0 Å². The zero-order valence-corrected chi connectivity index (χ0v) is 13.0. The first-order valence-corrected chi connectivity index (χ1v) is 7.54. The summed E-state index contributed by atoms with van der Waals surface area (Å²) in [6.45, 7) is 2.41. The van der Waals surface area contributed by atoms with E-state index in [1.165, 1.54) is 0 Å². The van der Waals surface area contributed by atoms with Crippen molar-refractivity contribution < 1.29 is 14.6 Å². The predicted molar refractivity (Wildman–Crippen MR) is 83.0 cm³/mol. The summed E-state index contributed by atoms with van der Waals surface area (Å²) in [6.07, 6.45) is 0.304. The minimum atomic E-state index is -0.159. The molecule has 1 aliphatic rings. The van der Waals surface area contributed by atoms with Gasteiger partial charge in [-0.25, -0.2) is 0 Å². The lowest BCUT2D eigenvalue weighted by Crippen LogP contribution is -2.48. The fourth-order valence-corrected chi connectivity index (χ4v) is 2.71. The van der Waals surface area contributed by atoms with Gasteiger partial charge in [0.25, 0.3) is 0 Å². The van der Waals surface area contributed by atoms with Crippen molar-refractivity contribution in [3.8, 4) is 0 Å². The van der Waals surface area contributed by atoms with Gasteiger partial charge in [0.05, 0.1) is 41.6 Å². The van der Waals surface area contributed by atoms with E-state index in [0.29, 0.717) is 48.5 Å². The maximum atomic E-state index is 12.0. The number of morpholine rings is 1. The second-order valence-corrected chi connectivity index (χ2v) is 5.66. The molecule has 1 atom stereocenters. The highest BCUT2D eigenvalue weighted by molar-refractivity contribution is 6.39. The molecule has 1 heterocycles. The number of halogens is 2. The molecule has 5 nitrogen and oxygen atoms in total. The van der Waals surface area contributed by atoms with E-state index in [0.717, 1.165) is 0 Å². The van der Waals surface area contributed by atoms with Crippen LogP contribution < -0.4 is 5.32 Å². The summed E-state index contributed by atoms with van der Waals surface area (Å²) in [4.78, 5) is 14.1. The highest BCUT2D eigenvalue weighted by Crippen LogP contribution is 2.29. The molecule has 2 rings (SSSR count). The first kappa shape index (κ1) is 16.5. The molecule has 0 aliphatic carbocycles. The summed E-state index contributed by atoms with van der Waals surface area (Å²) in [5.74, 6) is -0.159. The van der Waals surface area contributed by atoms with Crippen LogP contribution >= 0.6 is 23.2 Å². The molecule has 1 unspecified atom stereocenters. The summed E-state index contributed by atoms with van der Waals surface area (Å²) in [5, 5.41) is 12.8. The Balaban J connectivity index is 1.87. The van der Waals surface area contributed by atoms with Crippen molar-refractivity contribution in [3.05, 3.63) is 28.2 Å². The lowest BCUT2D eigenvalue weighted by molar-refractivity contribution is -0.117. The van der Waals surface area contributed by atoms with Crippen molar-refractivity contribution in [1.82, 2.24) is 4.90 Å². The molecule has 1 aliphatic heterocycles. The summed E-state index contributed by atoms with van der Waals surface area (Å²) >= 11 is 12.0. The molecule has 0 bridgehead atoms. The Labute approximate surface area is 133 Å². The second-order valence-electron chi connectivity index (χ2n) is 4.84. The van der Waals surface area contributed by atoms with Crippen molar-refractivity contribution in [2.24, 2.45) is 0 Å². The van der Waals surface area contributed by atoms with E-state index in [4.69, 9.17) is 27.9 Å². The molecule has 0 aromatic heterocycles. The van der Waals surface area contributed by atoms with E-state index in [1.807, 2.05) is 0 Å². The summed E-state index contributed by atoms with van der Waals surface area (Å²) < 4.78 is 5.30. The van der Waals surface area contributed by atoms with E-state index in [1.54, 1.807) is 18.2 Å². The number of carbonyl (C=O) groups is 1. The Morgan fingerprint density at radius 1 is 1.43 bits per heavy atom. The van der Waals surface area contributed by atoms with Gasteiger partial charge in [-0.1, -0.05) is 29.3 Å². The molecule has 1 amide bonds. The van der Waals surface area contributed by atoms with Crippen LogP contribution in [0.25, 0.3) is 0 Å². The second kappa shape index (κ2) is 7.96. The Hall–Kier alpha value is -0.850. The van der Waals surface area contributed by atoms with Crippen LogP contribution in [0.4, 0.5) is 5.69 Å². The monoisotopic (exact) mass is 332 g/mol. The zero-order chi connectivity index (χ0) is 15.2. The number of rotatable bonds is 5. The van der Waals surface area contributed by atoms with Gasteiger partial charge in [-0.2, -0.15) is 0 Å². The number of nitrogens with one attached hydrogen (secondary N) is 1. The van der Waals surface area contributed by atoms with Crippen LogP contribution in [0.15, 0.2) is 18.2 Å². The Morgan fingerprint density at radius 3 is 2.81 bits per heavy atom. The van der Waals surface area contributed by atoms with Crippen LogP contribution in [0.2, 0.25) is 10.0 Å². The van der Waals surface area contributed by atoms with Gasteiger partial charge in [0.2, 0.25) is 5.91 Å². The number of nitrogens with zero attached hydrogens (tertiary/aromatic N) is 1. The highest BCUT2D eigenvalue weighted by atomic mass is 35.5. The number of amides is 1. The van der Waals surface area contributed by atoms with Crippen LogP contribution in [0.1, 0.15) is 6.42 Å². The molecule has 1 aromatic carbocycles. The van der Waals surface area contributed by atoms with Gasteiger partial charge in [-0.3, -0.25) is 9.69 Å². The van der Waals surface area contributed by atoms with Crippen LogP contribution in [-0.4, -0.2) is 54.9 Å². The van der Waals surface area contributed by atoms with Gasteiger partial charge >= 0.3 is 0 Å². The molecule has 21 heavy (non-hydrogen) atoms. The van der Waals surface area contributed by atoms with E-state index in [2.05, 4.69) is 10.2 Å². The lowest BCUT2D eigenvalue weighted by Gasteiger charge is -2.34. The molecule has 1 aromatic rings. The van der Waals surface area contributed by atoms with Gasteiger partial charge in [0, 0.05) is 19.5 Å². The van der Waals surface area contributed by atoms with Crippen LogP contribution in [0, 0.1) is 0 Å². The number of hydrogen-bond donors (Lipinski definition) is 2. The fourth-order valence-electron chi connectivity index (χ4n) is 2.22. The van der Waals surface area contributed by atoms with Crippen LogP contribution in [-0.2, 0) is 9.53 Å². The van der Waals surface area contributed by atoms with E-state index >= 15 is 0 Å². The lowest BCUT2D eigenvalue weighted by atomic mass is 10.2. The quantitative estimate of drug-likeness (QED) is 0.865. The number of aliphatic hydroxyl groups excluding tert-OH is 1. The van der Waals surface area contributed by atoms with Crippen molar-refractivity contribution >= 4 is 34.8 Å². The molecule has 7 heteroatoms. The molecule has 1 saturated heterocycles. The number of benzene rings is 1. The third kappa shape index (κ3) is 4.56. The highest BCUT2D eigenvalue weighted by Gasteiger charge is 2.22. The molecular formula is C14H18Cl2N2O3. The molecule has 1 fully saturated rings. The van der Waals surface area contributed by atoms with Crippen molar-refractivity contribution in [2.75, 3.05) is 38.2 Å². The van der Waals surface area contributed by atoms with Crippen LogP contribution in [0.5, 0.6) is 0 Å². The minimum Gasteiger partial charge on any atom is -0.395 e. The van der Waals surface area contributed by atoms with Crippen molar-refractivity contribution in [3.63, 3.8) is 0 Å². The standard InChI is InChI=1S/C14H18Cl2N2O3/c15-11-2-1-3-12(16)14(11)17-13(20)4-5-18-6-7-21-9-10(18)8-19/h1-3,10,19H,4-9H2,(H,17,20). The smallest absolute Gasteiger partial charge is 0.225 e. The Kier molecular flexibility index (Phi) is 6.26. The van der Waals surface area contributed by atoms with Gasteiger partial charge in [-0.15, -0.1) is 0 Å². The van der Waals surface area contributed by atoms with Crippen LogP contribution in [0.3, 0.4) is 0 Å². The molecule has 2 N–H and O–H groups in total. The third-order valence-corrected chi connectivity index (χ3v) is 4.04. The largest absolute Gasteiger partial charge is 0.395 e. The number of anilines is 1. The molecule has 116 valence electrons. The van der Waals surface area contributed by atoms with Gasteiger partial charge in [-0.05, 0) is 12.1 Å². The Morgan fingerprint density at radius 2 is 2.14 bits per heavy atom. The zero-order valence-electron chi connectivity index (χ0n) is 11.5. The average Bonchev–Trinajstić information content (AvgIpc) is 2.49. The molecule has 0 spiro atoms. The maximum absolute atomic E-state index is 12.0. The Bertz CT molecular complexity index is 479. The first-order chi connectivity index (χ1) is 10.1.